The topological polar surface area (TPSA) is 96.7 Å². The first-order valence-corrected chi connectivity index (χ1v) is 8.56. The van der Waals surface area contributed by atoms with Crippen LogP contribution in [-0.4, -0.2) is 39.1 Å². The van der Waals surface area contributed by atoms with E-state index in [0.29, 0.717) is 0 Å². The molecule has 0 saturated carbocycles. The first kappa shape index (κ1) is 21.6. The van der Waals surface area contributed by atoms with Gasteiger partial charge in [0.2, 0.25) is 5.91 Å². The number of carbonyl (C=O) groups excluding carboxylic acids is 2. The fourth-order valence-electron chi connectivity index (χ4n) is 2.90. The van der Waals surface area contributed by atoms with Crippen molar-refractivity contribution in [1.82, 2.24) is 10.4 Å². The summed E-state index contributed by atoms with van der Waals surface area (Å²) >= 11 is 5.31. The van der Waals surface area contributed by atoms with Gasteiger partial charge in [0.15, 0.2) is 5.11 Å². The average molecular weight is 414 g/mol. The Morgan fingerprint density at radius 3 is 2.57 bits per heavy atom. The van der Waals surface area contributed by atoms with Gasteiger partial charge in [-0.05, 0) is 50.7 Å². The van der Waals surface area contributed by atoms with Crippen molar-refractivity contribution >= 4 is 34.8 Å². The van der Waals surface area contributed by atoms with E-state index in [-0.39, 0.29) is 30.2 Å². The predicted molar refractivity (Wildman–Crippen MR) is 96.2 cm³/mol. The molecule has 150 valence electrons. The summed E-state index contributed by atoms with van der Waals surface area (Å²) in [7, 11) is 0. The van der Waals surface area contributed by atoms with Crippen LogP contribution in [0.3, 0.4) is 0 Å². The second-order valence-electron chi connectivity index (χ2n) is 6.61. The molecule has 1 aliphatic rings. The fourth-order valence-corrected chi connectivity index (χ4v) is 3.40. The largest absolute Gasteiger partial charge is 0.417 e. The zero-order chi connectivity index (χ0) is 21.3. The molecular formula is C17H17F3N4O3S. The summed E-state index contributed by atoms with van der Waals surface area (Å²) in [6, 6.07) is 4.44. The molecule has 0 atom stereocenters. The van der Waals surface area contributed by atoms with Crippen LogP contribution in [0.15, 0.2) is 18.2 Å². The van der Waals surface area contributed by atoms with Crippen molar-refractivity contribution < 1.29 is 28.0 Å². The second-order valence-corrected chi connectivity index (χ2v) is 6.98. The number of anilines is 1. The van der Waals surface area contributed by atoms with Gasteiger partial charge in [-0.3, -0.25) is 19.7 Å². The van der Waals surface area contributed by atoms with Gasteiger partial charge in [0, 0.05) is 13.0 Å². The number of rotatable bonds is 5. The van der Waals surface area contributed by atoms with Gasteiger partial charge in [0.25, 0.3) is 5.91 Å². The number of alkyl halides is 3. The van der Waals surface area contributed by atoms with Crippen LogP contribution in [-0.2, 0) is 15.8 Å². The molecule has 1 heterocycles. The molecule has 11 heteroatoms. The smallest absolute Gasteiger partial charge is 0.334 e. The Bertz CT molecular complexity index is 864. The quantitative estimate of drug-likeness (QED) is 0.437. The molecule has 1 aromatic carbocycles. The zero-order valence-corrected chi connectivity index (χ0v) is 15.8. The van der Waals surface area contributed by atoms with E-state index < -0.39 is 34.7 Å². The molecule has 0 bridgehead atoms. The molecule has 1 saturated heterocycles. The molecule has 0 unspecified atom stereocenters. The number of nitrogens with zero attached hydrogens (tertiary/aromatic N) is 3. The number of nitriles is 1. The third kappa shape index (κ3) is 3.93. The van der Waals surface area contributed by atoms with Gasteiger partial charge in [-0.25, -0.2) is 5.48 Å². The van der Waals surface area contributed by atoms with Crippen LogP contribution in [0.4, 0.5) is 18.9 Å². The van der Waals surface area contributed by atoms with Crippen LogP contribution in [0.5, 0.6) is 0 Å². The normalized spacial score (nSPS) is 16.3. The van der Waals surface area contributed by atoms with Crippen LogP contribution in [0.1, 0.15) is 37.8 Å². The number of amides is 2. The highest BCUT2D eigenvalue weighted by Crippen LogP contribution is 2.37. The standard InChI is InChI=1S/C17H17F3N4O3S/c1-16(2)14(26)24(15(28)23(16)7-3-4-13(25)22-27)11-6-5-10(9-21)12(8-11)17(18,19)20/h5-6,8,27H,3-4,7H2,1-2H3,(H,22,25). The minimum absolute atomic E-state index is 0.00256. The monoisotopic (exact) mass is 414 g/mol. The molecule has 28 heavy (non-hydrogen) atoms. The number of carbonyl (C=O) groups is 2. The van der Waals surface area contributed by atoms with Crippen LogP contribution in [0.25, 0.3) is 0 Å². The summed E-state index contributed by atoms with van der Waals surface area (Å²) in [5, 5.41) is 17.4. The van der Waals surface area contributed by atoms with Crippen molar-refractivity contribution in [2.45, 2.75) is 38.4 Å². The number of halogens is 3. The highest BCUT2D eigenvalue weighted by Gasteiger charge is 2.49. The van der Waals surface area contributed by atoms with Gasteiger partial charge in [-0.1, -0.05) is 0 Å². The van der Waals surface area contributed by atoms with Crippen molar-refractivity contribution in [3.8, 4) is 6.07 Å². The summed E-state index contributed by atoms with van der Waals surface area (Å²) in [5.74, 6) is -1.13. The number of hydrogen-bond donors (Lipinski definition) is 2. The molecule has 1 fully saturated rings. The fraction of sp³-hybridized carbons (Fsp3) is 0.412. The lowest BCUT2D eigenvalue weighted by atomic mass is 10.0. The van der Waals surface area contributed by atoms with Crippen LogP contribution >= 0.6 is 12.2 Å². The number of hydrogen-bond acceptors (Lipinski definition) is 5. The first-order chi connectivity index (χ1) is 12.9. The molecule has 7 nitrogen and oxygen atoms in total. The predicted octanol–water partition coefficient (Wildman–Crippen LogP) is 2.57. The Morgan fingerprint density at radius 1 is 1.39 bits per heavy atom. The van der Waals surface area contributed by atoms with Gasteiger partial charge >= 0.3 is 6.18 Å². The summed E-state index contributed by atoms with van der Waals surface area (Å²) in [5.41, 5.74) is -1.45. The highest BCUT2D eigenvalue weighted by molar-refractivity contribution is 7.80. The van der Waals surface area contributed by atoms with E-state index in [1.165, 1.54) is 22.5 Å². The van der Waals surface area contributed by atoms with Crippen LogP contribution in [0.2, 0.25) is 0 Å². The van der Waals surface area contributed by atoms with E-state index in [1.807, 2.05) is 0 Å². The zero-order valence-electron chi connectivity index (χ0n) is 15.0. The summed E-state index contributed by atoms with van der Waals surface area (Å²) < 4.78 is 39.7. The number of benzene rings is 1. The Hall–Kier alpha value is -2.71. The van der Waals surface area contributed by atoms with Crippen molar-refractivity contribution in [2.75, 3.05) is 11.4 Å². The van der Waals surface area contributed by atoms with Crippen LogP contribution in [0, 0.1) is 11.3 Å². The Labute approximate surface area is 164 Å². The van der Waals surface area contributed by atoms with E-state index in [2.05, 4.69) is 0 Å². The maximum absolute atomic E-state index is 13.2. The summed E-state index contributed by atoms with van der Waals surface area (Å²) in [6.07, 6.45) is -4.52. The maximum Gasteiger partial charge on any atom is 0.417 e. The minimum Gasteiger partial charge on any atom is -0.334 e. The molecule has 2 N–H and O–H groups in total. The lowest BCUT2D eigenvalue weighted by molar-refractivity contribution is -0.137. The van der Waals surface area contributed by atoms with Gasteiger partial charge < -0.3 is 4.90 Å². The van der Waals surface area contributed by atoms with E-state index in [1.54, 1.807) is 13.8 Å². The maximum atomic E-state index is 13.2. The van der Waals surface area contributed by atoms with Crippen molar-refractivity contribution in [3.63, 3.8) is 0 Å². The minimum atomic E-state index is -4.77. The molecule has 1 aliphatic heterocycles. The number of thiocarbonyl (C=S) groups is 1. The Morgan fingerprint density at radius 2 is 2.04 bits per heavy atom. The lowest BCUT2D eigenvalue weighted by Gasteiger charge is -2.29. The molecule has 0 aliphatic carbocycles. The molecule has 0 radical (unpaired) electrons. The van der Waals surface area contributed by atoms with Gasteiger partial charge in [-0.15, -0.1) is 0 Å². The molecular weight excluding hydrogens is 397 g/mol. The third-order valence-corrected chi connectivity index (χ3v) is 4.82. The SMILES string of the molecule is CC1(C)C(=O)N(c2ccc(C#N)c(C(F)(F)F)c2)C(=S)N1CCCC(=O)NO. The van der Waals surface area contributed by atoms with E-state index in [0.717, 1.165) is 17.0 Å². The first-order valence-electron chi connectivity index (χ1n) is 8.15. The van der Waals surface area contributed by atoms with Gasteiger partial charge in [0.05, 0.1) is 22.9 Å². The Balaban J connectivity index is 2.37. The van der Waals surface area contributed by atoms with Crippen molar-refractivity contribution in [3.05, 3.63) is 29.3 Å². The van der Waals surface area contributed by atoms with E-state index >= 15 is 0 Å². The number of nitrogens with one attached hydrogen (secondary N) is 1. The third-order valence-electron chi connectivity index (χ3n) is 4.42. The summed E-state index contributed by atoms with van der Waals surface area (Å²) in [4.78, 5) is 26.5. The summed E-state index contributed by atoms with van der Waals surface area (Å²) in [6.45, 7) is 3.33. The average Bonchev–Trinajstić information content (AvgIpc) is 2.79. The lowest BCUT2D eigenvalue weighted by Crippen LogP contribution is -2.44. The molecule has 2 amide bonds. The van der Waals surface area contributed by atoms with E-state index in [4.69, 9.17) is 22.7 Å². The Kier molecular flexibility index (Phi) is 5.96. The number of hydroxylamine groups is 1. The van der Waals surface area contributed by atoms with E-state index in [9.17, 15) is 22.8 Å². The van der Waals surface area contributed by atoms with Crippen molar-refractivity contribution in [1.29, 1.82) is 5.26 Å². The molecule has 0 aromatic heterocycles. The molecule has 1 aromatic rings. The molecule has 0 spiro atoms. The van der Waals surface area contributed by atoms with Gasteiger partial charge in [0.1, 0.15) is 5.54 Å². The second kappa shape index (κ2) is 7.73. The highest BCUT2D eigenvalue weighted by atomic mass is 32.1. The van der Waals surface area contributed by atoms with Gasteiger partial charge in [-0.2, -0.15) is 18.4 Å². The van der Waals surface area contributed by atoms with Crippen LogP contribution < -0.4 is 10.4 Å². The molecule has 2 rings (SSSR count). The van der Waals surface area contributed by atoms with Crippen molar-refractivity contribution in [2.24, 2.45) is 0 Å².